The van der Waals surface area contributed by atoms with E-state index in [1.165, 1.54) is 10.5 Å². The number of methoxy groups -OCH3 is 1. The number of anilines is 1. The van der Waals surface area contributed by atoms with E-state index in [1.54, 1.807) is 31.5 Å². The summed E-state index contributed by atoms with van der Waals surface area (Å²) in [5.41, 5.74) is 3.40. The minimum absolute atomic E-state index is 0.0332. The van der Waals surface area contributed by atoms with Gasteiger partial charge in [-0.25, -0.2) is 4.98 Å². The molecule has 2 aromatic heterocycles. The number of amides is 1. The number of carbonyl (C=O) groups is 1. The van der Waals surface area contributed by atoms with Gasteiger partial charge in [0, 0.05) is 30.9 Å². The first-order valence-corrected chi connectivity index (χ1v) is 9.76. The van der Waals surface area contributed by atoms with E-state index in [0.29, 0.717) is 34.9 Å². The third kappa shape index (κ3) is 3.81. The van der Waals surface area contributed by atoms with E-state index < -0.39 is 0 Å². The number of ether oxygens (including phenoxy) is 1. The Morgan fingerprint density at radius 2 is 2.00 bits per heavy atom. The first kappa shape index (κ1) is 19.0. The minimum atomic E-state index is -0.125. The van der Waals surface area contributed by atoms with Gasteiger partial charge in [0.15, 0.2) is 0 Å². The van der Waals surface area contributed by atoms with Gasteiger partial charge in [0.1, 0.15) is 11.4 Å². The summed E-state index contributed by atoms with van der Waals surface area (Å²) < 4.78 is 6.97. The Labute approximate surface area is 168 Å². The van der Waals surface area contributed by atoms with Crippen LogP contribution in [0.3, 0.4) is 0 Å². The van der Waals surface area contributed by atoms with Crippen molar-refractivity contribution in [3.05, 3.63) is 69.8 Å². The van der Waals surface area contributed by atoms with Gasteiger partial charge >= 0.3 is 0 Å². The number of likely N-dealkylation sites (tertiary alicyclic amines) is 1. The molecule has 1 aromatic carbocycles. The third-order valence-electron chi connectivity index (χ3n) is 5.24. The molecule has 3 heterocycles. The number of pyridine rings is 1. The third-order valence-corrected chi connectivity index (χ3v) is 5.24. The van der Waals surface area contributed by atoms with E-state index >= 15 is 0 Å². The number of nitrogens with one attached hydrogen (secondary N) is 1. The Kier molecular flexibility index (Phi) is 5.20. The summed E-state index contributed by atoms with van der Waals surface area (Å²) in [7, 11) is 1.59. The van der Waals surface area contributed by atoms with Gasteiger partial charge in [0.2, 0.25) is 0 Å². The molecule has 0 saturated carbocycles. The van der Waals surface area contributed by atoms with Crippen LogP contribution in [-0.4, -0.2) is 40.4 Å². The minimum Gasteiger partial charge on any atom is -0.495 e. The van der Waals surface area contributed by atoms with Crippen molar-refractivity contribution in [1.82, 2.24) is 14.3 Å². The highest BCUT2D eigenvalue weighted by Gasteiger charge is 2.20. The van der Waals surface area contributed by atoms with Crippen molar-refractivity contribution in [3.63, 3.8) is 0 Å². The SMILES string of the molecule is COc1ccc(C(=O)N2CCCC2)cc1NCc1cc(=O)n2cccc(C)c2n1. The lowest BCUT2D eigenvalue weighted by Crippen LogP contribution is -2.27. The van der Waals surface area contributed by atoms with Gasteiger partial charge < -0.3 is 15.0 Å². The maximum atomic E-state index is 12.7. The van der Waals surface area contributed by atoms with Crippen LogP contribution in [0, 0.1) is 6.92 Å². The zero-order valence-electron chi connectivity index (χ0n) is 16.6. The van der Waals surface area contributed by atoms with Gasteiger partial charge in [-0.15, -0.1) is 0 Å². The Morgan fingerprint density at radius 1 is 1.21 bits per heavy atom. The molecule has 0 radical (unpaired) electrons. The smallest absolute Gasteiger partial charge is 0.258 e. The molecule has 1 aliphatic heterocycles. The molecule has 7 nitrogen and oxygen atoms in total. The summed E-state index contributed by atoms with van der Waals surface area (Å²) in [5.74, 6) is 0.669. The molecule has 1 fully saturated rings. The van der Waals surface area contributed by atoms with Crippen LogP contribution in [0.5, 0.6) is 5.75 Å². The van der Waals surface area contributed by atoms with E-state index in [0.717, 1.165) is 31.5 Å². The number of carbonyl (C=O) groups excluding carboxylic acids is 1. The fourth-order valence-corrected chi connectivity index (χ4v) is 3.67. The summed E-state index contributed by atoms with van der Waals surface area (Å²) in [6, 6.07) is 10.7. The summed E-state index contributed by atoms with van der Waals surface area (Å²) in [4.78, 5) is 31.6. The lowest BCUT2D eigenvalue weighted by atomic mass is 10.1. The fraction of sp³-hybridized carbons (Fsp3) is 0.318. The molecule has 0 aliphatic carbocycles. The molecule has 0 bridgehead atoms. The van der Waals surface area contributed by atoms with Crippen LogP contribution < -0.4 is 15.6 Å². The first-order valence-electron chi connectivity index (χ1n) is 9.76. The molecule has 7 heteroatoms. The number of fused-ring (bicyclic) bond motifs is 1. The van der Waals surface area contributed by atoms with Crippen molar-refractivity contribution >= 4 is 17.2 Å². The molecule has 0 unspecified atom stereocenters. The number of benzene rings is 1. The second kappa shape index (κ2) is 7.95. The number of hydrogen-bond acceptors (Lipinski definition) is 5. The van der Waals surface area contributed by atoms with Gasteiger partial charge in [-0.3, -0.25) is 14.0 Å². The number of hydrogen-bond donors (Lipinski definition) is 1. The average Bonchev–Trinajstić information content (AvgIpc) is 3.27. The van der Waals surface area contributed by atoms with Crippen LogP contribution in [0.15, 0.2) is 47.4 Å². The Balaban J connectivity index is 1.59. The molecular formula is C22H24N4O3. The second-order valence-electron chi connectivity index (χ2n) is 7.24. The summed E-state index contributed by atoms with van der Waals surface area (Å²) in [6.45, 7) is 3.88. The number of rotatable bonds is 5. The normalized spacial score (nSPS) is 13.7. The maximum absolute atomic E-state index is 12.7. The largest absolute Gasteiger partial charge is 0.495 e. The average molecular weight is 392 g/mol. The molecule has 0 spiro atoms. The van der Waals surface area contributed by atoms with Crippen molar-refractivity contribution in [3.8, 4) is 5.75 Å². The number of aryl methyl sites for hydroxylation is 1. The lowest BCUT2D eigenvalue weighted by molar-refractivity contribution is 0.0793. The van der Waals surface area contributed by atoms with Gasteiger partial charge in [0.25, 0.3) is 11.5 Å². The monoisotopic (exact) mass is 392 g/mol. The topological polar surface area (TPSA) is 75.9 Å². The van der Waals surface area contributed by atoms with Crippen molar-refractivity contribution in [2.45, 2.75) is 26.3 Å². The lowest BCUT2D eigenvalue weighted by Gasteiger charge is -2.17. The van der Waals surface area contributed by atoms with E-state index in [2.05, 4.69) is 10.3 Å². The van der Waals surface area contributed by atoms with Crippen LogP contribution >= 0.6 is 0 Å². The predicted molar refractivity (Wildman–Crippen MR) is 112 cm³/mol. The molecule has 29 heavy (non-hydrogen) atoms. The van der Waals surface area contributed by atoms with Crippen LogP contribution in [0.1, 0.15) is 34.5 Å². The summed E-state index contributed by atoms with van der Waals surface area (Å²) in [6.07, 6.45) is 3.82. The molecule has 1 aliphatic rings. The van der Waals surface area contributed by atoms with Crippen molar-refractivity contribution in [2.24, 2.45) is 0 Å². The molecule has 0 atom stereocenters. The molecular weight excluding hydrogens is 368 g/mol. The van der Waals surface area contributed by atoms with Gasteiger partial charge in [-0.1, -0.05) is 6.07 Å². The highest BCUT2D eigenvalue weighted by atomic mass is 16.5. The summed E-state index contributed by atoms with van der Waals surface area (Å²) >= 11 is 0. The fourth-order valence-electron chi connectivity index (χ4n) is 3.67. The number of aromatic nitrogens is 2. The van der Waals surface area contributed by atoms with Crippen molar-refractivity contribution < 1.29 is 9.53 Å². The molecule has 1 N–H and O–H groups in total. The Bertz CT molecular complexity index is 1120. The zero-order valence-corrected chi connectivity index (χ0v) is 16.6. The van der Waals surface area contributed by atoms with Gasteiger partial charge in [-0.05, 0) is 49.6 Å². The maximum Gasteiger partial charge on any atom is 0.258 e. The van der Waals surface area contributed by atoms with Crippen LogP contribution in [0.2, 0.25) is 0 Å². The highest BCUT2D eigenvalue weighted by molar-refractivity contribution is 5.95. The molecule has 150 valence electrons. The van der Waals surface area contributed by atoms with Crippen molar-refractivity contribution in [1.29, 1.82) is 0 Å². The zero-order chi connectivity index (χ0) is 20.4. The standard InChI is InChI=1S/C22H24N4O3/c1-15-6-5-11-26-20(27)13-17(24-21(15)26)14-23-18-12-16(7-8-19(18)29-2)22(28)25-9-3-4-10-25/h5-8,11-13,23H,3-4,9-10,14H2,1-2H3. The van der Waals surface area contributed by atoms with E-state index in [9.17, 15) is 9.59 Å². The quantitative estimate of drug-likeness (QED) is 0.723. The van der Waals surface area contributed by atoms with Crippen LogP contribution in [-0.2, 0) is 6.54 Å². The van der Waals surface area contributed by atoms with E-state index in [-0.39, 0.29) is 11.5 Å². The Hall–Kier alpha value is -3.35. The van der Waals surface area contributed by atoms with E-state index in [4.69, 9.17) is 4.74 Å². The Morgan fingerprint density at radius 3 is 2.76 bits per heavy atom. The van der Waals surface area contributed by atoms with Crippen LogP contribution in [0.25, 0.3) is 5.65 Å². The molecule has 1 amide bonds. The summed E-state index contributed by atoms with van der Waals surface area (Å²) in [5, 5.41) is 3.27. The van der Waals surface area contributed by atoms with Gasteiger partial charge in [0.05, 0.1) is 25.0 Å². The second-order valence-corrected chi connectivity index (χ2v) is 7.24. The van der Waals surface area contributed by atoms with Gasteiger partial charge in [-0.2, -0.15) is 0 Å². The predicted octanol–water partition coefficient (Wildman–Crippen LogP) is 2.86. The molecule has 3 aromatic rings. The number of nitrogens with zero attached hydrogens (tertiary/aromatic N) is 3. The van der Waals surface area contributed by atoms with Crippen LogP contribution in [0.4, 0.5) is 5.69 Å². The molecule has 1 saturated heterocycles. The highest BCUT2D eigenvalue weighted by Crippen LogP contribution is 2.27. The van der Waals surface area contributed by atoms with Crippen molar-refractivity contribution in [2.75, 3.05) is 25.5 Å². The van der Waals surface area contributed by atoms with E-state index in [1.807, 2.05) is 24.0 Å². The molecule has 4 rings (SSSR count). The first-order chi connectivity index (χ1) is 14.1.